The number of anilines is 1. The highest BCUT2D eigenvalue weighted by atomic mass is 32.2. The first-order chi connectivity index (χ1) is 20.4. The summed E-state index contributed by atoms with van der Waals surface area (Å²) in [4.78, 5) is 29.2. The van der Waals surface area contributed by atoms with Gasteiger partial charge < -0.3 is 9.30 Å². The second kappa shape index (κ2) is 12.9. The van der Waals surface area contributed by atoms with Gasteiger partial charge in [-0.1, -0.05) is 43.4 Å². The molecular formula is C32H43N3O6SSi. The van der Waals surface area contributed by atoms with Gasteiger partial charge in [0, 0.05) is 45.3 Å². The van der Waals surface area contributed by atoms with Crippen molar-refractivity contribution in [3.05, 3.63) is 60.3 Å². The molecule has 2 fully saturated rings. The number of carbonyl (C=O) groups excluding carboxylic acids is 2. The van der Waals surface area contributed by atoms with Crippen molar-refractivity contribution in [2.24, 2.45) is 5.92 Å². The smallest absolute Gasteiger partial charge is 0.333 e. The third kappa shape index (κ3) is 7.39. The number of hydrogen-bond acceptors (Lipinski definition) is 6. The number of urea groups is 1. The standard InChI is InChI=1S/C32H43N3O6SSi/c1-24-8-14-27(15-9-24)42(38,39)41-22-25-10-12-26(13-11-25)33-18-16-28-29(33)6-5-7-30(28)34-19-17-31(36)35(32(34)37)23-40-20-21-43(2,3)4/h5-9,14-16,18,25-26H,10-13,17,19-23H2,1-4H3/t25-,26-. The number of amides is 3. The molecule has 0 radical (unpaired) electrons. The number of carbonyl (C=O) groups is 2. The summed E-state index contributed by atoms with van der Waals surface area (Å²) in [5.41, 5.74) is 2.84. The number of aromatic nitrogens is 1. The molecule has 2 aliphatic rings. The van der Waals surface area contributed by atoms with Gasteiger partial charge in [0.2, 0.25) is 5.91 Å². The van der Waals surface area contributed by atoms with Crippen LogP contribution in [-0.4, -0.2) is 64.4 Å². The Bertz CT molecular complexity index is 1560. The highest BCUT2D eigenvalue weighted by Crippen LogP contribution is 2.38. The molecule has 2 aromatic carbocycles. The second-order valence-corrected chi connectivity index (χ2v) is 20.2. The van der Waals surface area contributed by atoms with Crippen LogP contribution in [0.5, 0.6) is 0 Å². The van der Waals surface area contributed by atoms with Crippen LogP contribution in [0.3, 0.4) is 0 Å². The average Bonchev–Trinajstić information content (AvgIpc) is 3.40. The Morgan fingerprint density at radius 3 is 2.37 bits per heavy atom. The molecular weight excluding hydrogens is 583 g/mol. The lowest BCUT2D eigenvalue weighted by Gasteiger charge is -2.34. The molecule has 3 aromatic rings. The van der Waals surface area contributed by atoms with Crippen LogP contribution in [0.15, 0.2) is 59.6 Å². The van der Waals surface area contributed by atoms with Crippen molar-refractivity contribution in [2.75, 3.05) is 31.4 Å². The summed E-state index contributed by atoms with van der Waals surface area (Å²) in [5, 5.41) is 0.972. The van der Waals surface area contributed by atoms with Gasteiger partial charge in [0.05, 0.1) is 22.7 Å². The number of fused-ring (bicyclic) bond motifs is 1. The maximum Gasteiger partial charge on any atom is 0.333 e. The lowest BCUT2D eigenvalue weighted by atomic mass is 9.86. The first kappa shape index (κ1) is 31.4. The van der Waals surface area contributed by atoms with Gasteiger partial charge in [-0.15, -0.1) is 0 Å². The molecule has 9 nitrogen and oxygen atoms in total. The highest BCUT2D eigenvalue weighted by molar-refractivity contribution is 7.86. The maximum absolute atomic E-state index is 13.5. The first-order valence-electron chi connectivity index (χ1n) is 15.2. The summed E-state index contributed by atoms with van der Waals surface area (Å²) in [6.45, 7) is 9.77. The van der Waals surface area contributed by atoms with Crippen molar-refractivity contribution in [2.45, 2.75) is 75.7 Å². The van der Waals surface area contributed by atoms with Crippen LogP contribution in [-0.2, 0) is 23.8 Å². The number of rotatable bonds is 11. The summed E-state index contributed by atoms with van der Waals surface area (Å²) < 4.78 is 38.7. The van der Waals surface area contributed by atoms with E-state index in [1.54, 1.807) is 29.2 Å². The summed E-state index contributed by atoms with van der Waals surface area (Å²) in [6.07, 6.45) is 5.89. The largest absolute Gasteiger partial charge is 0.361 e. The third-order valence-corrected chi connectivity index (χ3v) is 11.5. The van der Waals surface area contributed by atoms with Crippen molar-refractivity contribution in [1.82, 2.24) is 9.47 Å². The molecule has 0 bridgehead atoms. The number of ether oxygens (including phenoxy) is 1. The molecule has 0 unspecified atom stereocenters. The molecule has 5 rings (SSSR count). The Morgan fingerprint density at radius 2 is 1.67 bits per heavy atom. The number of benzene rings is 2. The fourth-order valence-corrected chi connectivity index (χ4v) is 7.58. The molecule has 0 spiro atoms. The molecule has 1 saturated heterocycles. The van der Waals surface area contributed by atoms with Crippen molar-refractivity contribution in [3.8, 4) is 0 Å². The zero-order valence-corrected chi connectivity index (χ0v) is 27.4. The summed E-state index contributed by atoms with van der Waals surface area (Å²) in [6, 6.07) is 15.6. The zero-order chi connectivity index (χ0) is 30.8. The summed E-state index contributed by atoms with van der Waals surface area (Å²) in [7, 11) is -5.04. The number of nitrogens with zero attached hydrogens (tertiary/aromatic N) is 3. The number of imide groups is 1. The van der Waals surface area contributed by atoms with Crippen molar-refractivity contribution in [3.63, 3.8) is 0 Å². The fourth-order valence-electron chi connectivity index (χ4n) is 5.85. The molecule has 1 aliphatic carbocycles. The quantitative estimate of drug-likeness (QED) is 0.136. The molecule has 232 valence electrons. The van der Waals surface area contributed by atoms with Crippen LogP contribution in [0.2, 0.25) is 25.7 Å². The van der Waals surface area contributed by atoms with E-state index in [-0.39, 0.29) is 48.6 Å². The molecule has 2 heterocycles. The van der Waals surface area contributed by atoms with Gasteiger partial charge in [0.15, 0.2) is 0 Å². The van der Waals surface area contributed by atoms with E-state index < -0.39 is 18.2 Å². The van der Waals surface area contributed by atoms with Gasteiger partial charge in [0.25, 0.3) is 10.1 Å². The summed E-state index contributed by atoms with van der Waals surface area (Å²) >= 11 is 0. The maximum atomic E-state index is 13.5. The molecule has 1 saturated carbocycles. The van der Waals surface area contributed by atoms with Crippen molar-refractivity contribution in [1.29, 1.82) is 0 Å². The van der Waals surface area contributed by atoms with E-state index in [1.165, 1.54) is 4.90 Å². The highest BCUT2D eigenvalue weighted by Gasteiger charge is 2.34. The van der Waals surface area contributed by atoms with Crippen LogP contribution in [0.25, 0.3) is 10.9 Å². The number of aryl methyl sites for hydroxylation is 1. The normalized spacial score (nSPS) is 20.3. The topological polar surface area (TPSA) is 98.2 Å². The van der Waals surface area contributed by atoms with Crippen LogP contribution in [0, 0.1) is 12.8 Å². The molecule has 11 heteroatoms. The summed E-state index contributed by atoms with van der Waals surface area (Å²) in [5.74, 6) is -0.0253. The van der Waals surface area contributed by atoms with Gasteiger partial charge in [-0.05, 0) is 74.9 Å². The van der Waals surface area contributed by atoms with Gasteiger partial charge in [-0.2, -0.15) is 8.42 Å². The third-order valence-electron chi connectivity index (χ3n) is 8.54. The SMILES string of the molecule is Cc1ccc(S(=O)(=O)OC[C@H]2CC[C@H](n3ccc4c(N5CCC(=O)N(COCC[Si](C)(C)C)C5=O)cccc43)CC2)cc1. The van der Waals surface area contributed by atoms with Crippen LogP contribution < -0.4 is 4.90 Å². The zero-order valence-electron chi connectivity index (χ0n) is 25.6. The second-order valence-electron chi connectivity index (χ2n) is 13.0. The number of hydrogen-bond donors (Lipinski definition) is 0. The van der Waals surface area contributed by atoms with E-state index in [2.05, 4.69) is 36.5 Å². The van der Waals surface area contributed by atoms with Crippen molar-refractivity contribution >= 4 is 46.7 Å². The molecule has 43 heavy (non-hydrogen) atoms. The minimum absolute atomic E-state index is 0.0189. The van der Waals surface area contributed by atoms with Gasteiger partial charge in [-0.3, -0.25) is 13.9 Å². The Hall–Kier alpha value is -2.99. The van der Waals surface area contributed by atoms with E-state index in [0.29, 0.717) is 13.2 Å². The van der Waals surface area contributed by atoms with E-state index in [4.69, 9.17) is 8.92 Å². The molecule has 1 aliphatic heterocycles. The Balaban J connectivity index is 1.21. The molecule has 3 amide bonds. The minimum atomic E-state index is -3.77. The lowest BCUT2D eigenvalue weighted by molar-refractivity contribution is -0.133. The van der Waals surface area contributed by atoms with Gasteiger partial charge >= 0.3 is 6.03 Å². The van der Waals surface area contributed by atoms with Gasteiger partial charge in [-0.25, -0.2) is 9.69 Å². The van der Waals surface area contributed by atoms with E-state index in [0.717, 1.165) is 53.9 Å². The van der Waals surface area contributed by atoms with E-state index >= 15 is 0 Å². The van der Waals surface area contributed by atoms with E-state index in [9.17, 15) is 18.0 Å². The fraction of sp³-hybridized carbons (Fsp3) is 0.500. The minimum Gasteiger partial charge on any atom is -0.361 e. The van der Waals surface area contributed by atoms with Crippen molar-refractivity contribution < 1.29 is 26.9 Å². The monoisotopic (exact) mass is 625 g/mol. The molecule has 0 atom stereocenters. The molecule has 0 N–H and O–H groups in total. The molecule has 1 aromatic heterocycles. The van der Waals surface area contributed by atoms with Crippen LogP contribution >= 0.6 is 0 Å². The average molecular weight is 626 g/mol. The van der Waals surface area contributed by atoms with Crippen LogP contribution in [0.4, 0.5) is 10.5 Å². The Labute approximate surface area is 255 Å². The lowest BCUT2D eigenvalue weighted by Crippen LogP contribution is -2.53. The van der Waals surface area contributed by atoms with E-state index in [1.807, 2.05) is 25.1 Å². The predicted octanol–water partition coefficient (Wildman–Crippen LogP) is 6.56. The van der Waals surface area contributed by atoms with Gasteiger partial charge in [0.1, 0.15) is 6.73 Å². The Kier molecular flexibility index (Phi) is 9.45. The van der Waals surface area contributed by atoms with Crippen LogP contribution in [0.1, 0.15) is 43.7 Å². The predicted molar refractivity (Wildman–Crippen MR) is 170 cm³/mol. The first-order valence-corrected chi connectivity index (χ1v) is 20.3. The Morgan fingerprint density at radius 1 is 0.953 bits per heavy atom.